The topological polar surface area (TPSA) is 80.5 Å². The second kappa shape index (κ2) is 9.58. The summed E-state index contributed by atoms with van der Waals surface area (Å²) in [5, 5.41) is 3.44. The number of piperazine rings is 1. The predicted molar refractivity (Wildman–Crippen MR) is 128 cm³/mol. The second-order valence-electron chi connectivity index (χ2n) is 8.74. The van der Waals surface area contributed by atoms with Crippen molar-refractivity contribution < 1.29 is 13.9 Å². The quantitative estimate of drug-likeness (QED) is 0.612. The van der Waals surface area contributed by atoms with E-state index in [2.05, 4.69) is 24.1 Å². The number of carbonyl (C=O) groups excluding carboxylic acids is 1. The first kappa shape index (κ1) is 22.7. The zero-order valence-electron chi connectivity index (χ0n) is 19.1. The number of pyridine rings is 1. The predicted octanol–water partition coefficient (Wildman–Crippen LogP) is 4.18. The Bertz CT molecular complexity index is 1140. The van der Waals surface area contributed by atoms with Crippen molar-refractivity contribution in [2.45, 2.75) is 39.5 Å². The molecule has 3 aromatic rings. The van der Waals surface area contributed by atoms with Crippen LogP contribution in [0.25, 0.3) is 11.1 Å². The van der Waals surface area contributed by atoms with Gasteiger partial charge in [-0.3, -0.25) is 4.79 Å². The van der Waals surface area contributed by atoms with E-state index in [1.807, 2.05) is 35.2 Å². The largest absolute Gasteiger partial charge is 0.485 e. The molecule has 1 aromatic heterocycles. The number of ether oxygens (including phenoxy) is 1. The number of nitrogens with two attached hydrogens (primary N) is 1. The molecule has 1 aliphatic heterocycles. The lowest BCUT2D eigenvalue weighted by Crippen LogP contribution is -2.55. The third kappa shape index (κ3) is 5.31. The van der Waals surface area contributed by atoms with E-state index in [1.54, 1.807) is 25.3 Å². The van der Waals surface area contributed by atoms with Crippen molar-refractivity contribution in [1.82, 2.24) is 15.2 Å². The summed E-state index contributed by atoms with van der Waals surface area (Å²) in [6.07, 6.45) is 1.68. The number of amides is 1. The summed E-state index contributed by atoms with van der Waals surface area (Å²) in [5.41, 5.74) is 9.81. The van der Waals surface area contributed by atoms with Crippen LogP contribution in [0.4, 0.5) is 10.2 Å². The highest BCUT2D eigenvalue weighted by atomic mass is 19.1. The number of hydrogen-bond donors (Lipinski definition) is 2. The molecule has 4 rings (SSSR count). The maximum absolute atomic E-state index is 13.5. The molecule has 0 bridgehead atoms. The zero-order chi connectivity index (χ0) is 23.5. The molecule has 6 nitrogen and oxygen atoms in total. The van der Waals surface area contributed by atoms with E-state index < -0.39 is 0 Å². The van der Waals surface area contributed by atoms with Crippen LogP contribution in [0.1, 0.15) is 35.3 Å². The Balaban J connectivity index is 1.47. The molecule has 7 heteroatoms. The summed E-state index contributed by atoms with van der Waals surface area (Å²) in [6.45, 7) is 7.54. The number of hydrogen-bond acceptors (Lipinski definition) is 5. The number of aryl methyl sites for hydroxylation is 1. The molecule has 2 aromatic carbocycles. The minimum absolute atomic E-state index is 0.0378. The first-order chi connectivity index (χ1) is 15.8. The Morgan fingerprint density at radius 2 is 1.82 bits per heavy atom. The smallest absolute Gasteiger partial charge is 0.253 e. The Hall–Kier alpha value is -3.45. The van der Waals surface area contributed by atoms with Gasteiger partial charge in [-0.15, -0.1) is 0 Å². The molecule has 0 radical (unpaired) electrons. The normalized spacial score (nSPS) is 18.2. The average Bonchev–Trinajstić information content (AvgIpc) is 2.80. The molecule has 2 heterocycles. The van der Waals surface area contributed by atoms with Crippen molar-refractivity contribution in [2.75, 3.05) is 18.8 Å². The highest BCUT2D eigenvalue weighted by Crippen LogP contribution is 2.28. The van der Waals surface area contributed by atoms with Gasteiger partial charge in [-0.1, -0.05) is 18.2 Å². The van der Waals surface area contributed by atoms with Crippen LogP contribution in [0.2, 0.25) is 0 Å². The summed E-state index contributed by atoms with van der Waals surface area (Å²) in [7, 11) is 0. The van der Waals surface area contributed by atoms with E-state index in [-0.39, 0.29) is 36.2 Å². The average molecular weight is 449 g/mol. The zero-order valence-corrected chi connectivity index (χ0v) is 19.1. The maximum atomic E-state index is 13.5. The van der Waals surface area contributed by atoms with Crippen LogP contribution in [0.5, 0.6) is 5.75 Å². The van der Waals surface area contributed by atoms with E-state index in [0.29, 0.717) is 30.0 Å². The molecule has 1 aliphatic rings. The number of nitrogen functional groups attached to an aromatic ring is 1. The number of halogens is 1. The highest BCUT2D eigenvalue weighted by molar-refractivity contribution is 5.95. The minimum atomic E-state index is -0.246. The standard InChI is InChI=1S/C26H29FN4O2/c1-16-10-19(4-9-23(16)27)15-33-24-11-22(12-29-25(24)28)20-5-7-21(8-6-20)26(32)31-13-17(2)30-18(3)14-31/h4-12,17-18,30H,13-15H2,1-3H3,(H2,28,29). The van der Waals surface area contributed by atoms with Crippen molar-refractivity contribution in [3.8, 4) is 16.9 Å². The number of rotatable bonds is 5. The van der Waals surface area contributed by atoms with Gasteiger partial charge >= 0.3 is 0 Å². The molecule has 1 fully saturated rings. The van der Waals surface area contributed by atoms with E-state index in [0.717, 1.165) is 16.7 Å². The Morgan fingerprint density at radius 1 is 1.12 bits per heavy atom. The van der Waals surface area contributed by atoms with Gasteiger partial charge in [-0.2, -0.15) is 0 Å². The van der Waals surface area contributed by atoms with Gasteiger partial charge in [0.2, 0.25) is 0 Å². The number of carbonyl (C=O) groups is 1. The fourth-order valence-corrected chi connectivity index (χ4v) is 4.17. The summed E-state index contributed by atoms with van der Waals surface area (Å²) in [5.74, 6) is 0.533. The lowest BCUT2D eigenvalue weighted by molar-refractivity contribution is 0.0674. The molecule has 3 N–H and O–H groups in total. The fraction of sp³-hybridized carbons (Fsp3) is 0.308. The van der Waals surface area contributed by atoms with Gasteiger partial charge in [0.15, 0.2) is 11.6 Å². The first-order valence-electron chi connectivity index (χ1n) is 11.1. The van der Waals surface area contributed by atoms with E-state index in [1.165, 1.54) is 6.07 Å². The van der Waals surface area contributed by atoms with E-state index in [4.69, 9.17) is 10.5 Å². The molecule has 0 saturated carbocycles. The minimum Gasteiger partial charge on any atom is -0.485 e. The molecule has 1 saturated heterocycles. The van der Waals surface area contributed by atoms with Crippen molar-refractivity contribution in [3.63, 3.8) is 0 Å². The van der Waals surface area contributed by atoms with E-state index in [9.17, 15) is 9.18 Å². The van der Waals surface area contributed by atoms with Gasteiger partial charge in [0, 0.05) is 42.5 Å². The Morgan fingerprint density at radius 3 is 2.48 bits per heavy atom. The SMILES string of the molecule is Cc1cc(COc2cc(-c3ccc(C(=O)N4CC(C)NC(C)C4)cc3)cnc2N)ccc1F. The lowest BCUT2D eigenvalue weighted by Gasteiger charge is -2.36. The molecule has 172 valence electrons. The molecule has 2 unspecified atom stereocenters. The summed E-state index contributed by atoms with van der Waals surface area (Å²) in [6, 6.07) is 14.7. The number of benzene rings is 2. The first-order valence-corrected chi connectivity index (χ1v) is 11.1. The second-order valence-corrected chi connectivity index (χ2v) is 8.74. The van der Waals surface area contributed by atoms with Crippen LogP contribution in [0.15, 0.2) is 54.7 Å². The van der Waals surface area contributed by atoms with Crippen molar-refractivity contribution in [3.05, 3.63) is 77.2 Å². The van der Waals surface area contributed by atoms with Gasteiger partial charge in [0.1, 0.15) is 12.4 Å². The molecule has 2 atom stereocenters. The van der Waals surface area contributed by atoms with Gasteiger partial charge < -0.3 is 20.7 Å². The van der Waals surface area contributed by atoms with Crippen LogP contribution in [-0.2, 0) is 6.61 Å². The molecule has 1 amide bonds. The highest BCUT2D eigenvalue weighted by Gasteiger charge is 2.25. The van der Waals surface area contributed by atoms with Gasteiger partial charge in [-0.25, -0.2) is 9.37 Å². The van der Waals surface area contributed by atoms with Gasteiger partial charge in [0.25, 0.3) is 5.91 Å². The van der Waals surface area contributed by atoms with E-state index >= 15 is 0 Å². The summed E-state index contributed by atoms with van der Waals surface area (Å²) >= 11 is 0. The van der Waals surface area contributed by atoms with Crippen LogP contribution >= 0.6 is 0 Å². The lowest BCUT2D eigenvalue weighted by atomic mass is 10.0. The molecule has 0 aliphatic carbocycles. The summed E-state index contributed by atoms with van der Waals surface area (Å²) < 4.78 is 19.4. The third-order valence-corrected chi connectivity index (χ3v) is 5.81. The Kier molecular flexibility index (Phi) is 6.60. The van der Waals surface area contributed by atoms with Crippen molar-refractivity contribution in [1.29, 1.82) is 0 Å². The summed E-state index contributed by atoms with van der Waals surface area (Å²) in [4.78, 5) is 19.1. The third-order valence-electron chi connectivity index (χ3n) is 5.81. The molecule has 33 heavy (non-hydrogen) atoms. The van der Waals surface area contributed by atoms with Gasteiger partial charge in [0.05, 0.1) is 0 Å². The van der Waals surface area contributed by atoms with Crippen LogP contribution in [0, 0.1) is 12.7 Å². The number of nitrogens with zero attached hydrogens (tertiary/aromatic N) is 2. The van der Waals surface area contributed by atoms with Crippen molar-refractivity contribution >= 4 is 11.7 Å². The number of aromatic nitrogens is 1. The van der Waals surface area contributed by atoms with Crippen LogP contribution < -0.4 is 15.8 Å². The number of nitrogens with one attached hydrogen (secondary N) is 1. The Labute approximate surface area is 193 Å². The maximum Gasteiger partial charge on any atom is 0.253 e. The fourth-order valence-electron chi connectivity index (χ4n) is 4.17. The van der Waals surface area contributed by atoms with Gasteiger partial charge in [-0.05, 0) is 67.8 Å². The van der Waals surface area contributed by atoms with Crippen LogP contribution in [0.3, 0.4) is 0 Å². The molecular formula is C26H29FN4O2. The van der Waals surface area contributed by atoms with Crippen molar-refractivity contribution in [2.24, 2.45) is 0 Å². The molecular weight excluding hydrogens is 419 g/mol. The molecule has 0 spiro atoms. The monoisotopic (exact) mass is 448 g/mol. The van der Waals surface area contributed by atoms with Crippen LogP contribution in [-0.4, -0.2) is 41.0 Å². The number of anilines is 1.